The van der Waals surface area contributed by atoms with Crippen LogP contribution >= 0.6 is 0 Å². The number of benzene rings is 2. The number of hydrogen-bond acceptors (Lipinski definition) is 6. The van der Waals surface area contributed by atoms with Gasteiger partial charge in [-0.1, -0.05) is 18.2 Å². The number of para-hydroxylation sites is 1. The number of primary sulfonamides is 1. The standard InChI is InChI=1S/C23H25F3N2O7S/c24-23(25,26)35-19-7-2-1-5-15(19)8-11-28(22(30)31)10-4-3-6-18(29)17-13-16-9-12-34-21(16)20(14-17)36(27,32)33/h1-2,5,7,13-14H,3-4,6,8-12H2,(H,30,31)(H2,27,32,33). The average molecular weight is 531 g/mol. The summed E-state index contributed by atoms with van der Waals surface area (Å²) < 4.78 is 70.9. The van der Waals surface area contributed by atoms with Crippen molar-refractivity contribution in [2.24, 2.45) is 5.14 Å². The van der Waals surface area contributed by atoms with Gasteiger partial charge in [-0.05, 0) is 48.6 Å². The van der Waals surface area contributed by atoms with E-state index >= 15 is 0 Å². The zero-order valence-corrected chi connectivity index (χ0v) is 19.9. The van der Waals surface area contributed by atoms with Crippen LogP contribution < -0.4 is 14.6 Å². The van der Waals surface area contributed by atoms with Crippen molar-refractivity contribution in [3.63, 3.8) is 0 Å². The zero-order chi connectivity index (χ0) is 26.5. The molecule has 0 atom stereocenters. The summed E-state index contributed by atoms with van der Waals surface area (Å²) in [6.45, 7) is 0.280. The first-order valence-corrected chi connectivity index (χ1v) is 12.6. The lowest BCUT2D eigenvalue weighted by atomic mass is 10.0. The van der Waals surface area contributed by atoms with Crippen molar-refractivity contribution in [1.82, 2.24) is 4.90 Å². The van der Waals surface area contributed by atoms with E-state index in [1.807, 2.05) is 0 Å². The molecular weight excluding hydrogens is 505 g/mol. The Morgan fingerprint density at radius 1 is 1.14 bits per heavy atom. The zero-order valence-electron chi connectivity index (χ0n) is 19.1. The van der Waals surface area contributed by atoms with Crippen LogP contribution in [0.4, 0.5) is 18.0 Å². The van der Waals surface area contributed by atoms with Crippen molar-refractivity contribution in [3.05, 3.63) is 53.1 Å². The highest BCUT2D eigenvalue weighted by molar-refractivity contribution is 7.89. The number of hydrogen-bond donors (Lipinski definition) is 2. The van der Waals surface area contributed by atoms with Crippen molar-refractivity contribution >= 4 is 21.9 Å². The number of sulfonamides is 1. The van der Waals surface area contributed by atoms with Crippen LogP contribution in [0.2, 0.25) is 0 Å². The molecule has 0 saturated carbocycles. The number of halogens is 3. The topological polar surface area (TPSA) is 136 Å². The van der Waals surface area contributed by atoms with Gasteiger partial charge in [0.25, 0.3) is 0 Å². The molecule has 3 rings (SSSR count). The molecule has 9 nitrogen and oxygen atoms in total. The molecule has 2 aromatic rings. The van der Waals surface area contributed by atoms with E-state index in [4.69, 9.17) is 9.88 Å². The Kier molecular flexibility index (Phi) is 8.46. The van der Waals surface area contributed by atoms with Gasteiger partial charge in [-0.15, -0.1) is 13.2 Å². The van der Waals surface area contributed by atoms with Crippen LogP contribution in [0, 0.1) is 0 Å². The Labute approximate surface area is 205 Å². The number of nitrogens with two attached hydrogens (primary N) is 1. The summed E-state index contributed by atoms with van der Waals surface area (Å²) in [5.41, 5.74) is 0.971. The van der Waals surface area contributed by atoms with Crippen LogP contribution in [0.3, 0.4) is 0 Å². The number of alkyl halides is 3. The lowest BCUT2D eigenvalue weighted by Gasteiger charge is -2.20. The average Bonchev–Trinajstić information content (AvgIpc) is 3.25. The maximum atomic E-state index is 12.7. The third-order valence-electron chi connectivity index (χ3n) is 5.58. The number of unbranched alkanes of at least 4 members (excludes halogenated alkanes) is 1. The van der Waals surface area contributed by atoms with Crippen molar-refractivity contribution < 1.29 is 45.8 Å². The second-order valence-electron chi connectivity index (χ2n) is 8.16. The summed E-state index contributed by atoms with van der Waals surface area (Å²) >= 11 is 0. The van der Waals surface area contributed by atoms with E-state index in [0.29, 0.717) is 24.8 Å². The molecule has 196 valence electrons. The van der Waals surface area contributed by atoms with Gasteiger partial charge in [0.1, 0.15) is 16.4 Å². The molecule has 1 aliphatic heterocycles. The molecule has 1 aliphatic rings. The van der Waals surface area contributed by atoms with Crippen LogP contribution in [-0.4, -0.2) is 56.4 Å². The van der Waals surface area contributed by atoms with E-state index in [1.165, 1.54) is 24.3 Å². The quantitative estimate of drug-likeness (QED) is 0.334. The van der Waals surface area contributed by atoms with Gasteiger partial charge in [0, 0.05) is 31.5 Å². The van der Waals surface area contributed by atoms with Crippen molar-refractivity contribution in [1.29, 1.82) is 0 Å². The summed E-state index contributed by atoms with van der Waals surface area (Å²) in [6, 6.07) is 8.26. The van der Waals surface area contributed by atoms with Crippen molar-refractivity contribution in [3.8, 4) is 11.5 Å². The molecule has 0 bridgehead atoms. The molecule has 0 unspecified atom stereocenters. The summed E-state index contributed by atoms with van der Waals surface area (Å²) in [4.78, 5) is 25.1. The predicted molar refractivity (Wildman–Crippen MR) is 122 cm³/mol. The summed E-state index contributed by atoms with van der Waals surface area (Å²) in [7, 11) is -4.09. The lowest BCUT2D eigenvalue weighted by molar-refractivity contribution is -0.274. The van der Waals surface area contributed by atoms with Gasteiger partial charge in [-0.2, -0.15) is 0 Å². The number of Topliss-reactive ketones (excluding diaryl/α,β-unsaturated/α-hetero) is 1. The molecule has 0 spiro atoms. The fourth-order valence-electron chi connectivity index (χ4n) is 3.87. The monoisotopic (exact) mass is 530 g/mol. The van der Waals surface area contributed by atoms with Gasteiger partial charge in [0.05, 0.1) is 6.61 Å². The number of fused-ring (bicyclic) bond motifs is 1. The van der Waals surface area contributed by atoms with Gasteiger partial charge in [-0.25, -0.2) is 18.4 Å². The van der Waals surface area contributed by atoms with E-state index in [0.717, 1.165) is 11.0 Å². The number of amides is 1. The molecule has 1 amide bonds. The van der Waals surface area contributed by atoms with E-state index in [2.05, 4.69) is 4.74 Å². The van der Waals surface area contributed by atoms with Crippen molar-refractivity contribution in [2.45, 2.75) is 43.4 Å². The highest BCUT2D eigenvalue weighted by Gasteiger charge is 2.32. The van der Waals surface area contributed by atoms with Gasteiger partial charge in [0.15, 0.2) is 5.78 Å². The van der Waals surface area contributed by atoms with Gasteiger partial charge in [-0.3, -0.25) is 4.79 Å². The maximum absolute atomic E-state index is 12.7. The van der Waals surface area contributed by atoms with E-state index in [1.54, 1.807) is 6.07 Å². The molecule has 1 heterocycles. The normalized spacial score (nSPS) is 13.1. The van der Waals surface area contributed by atoms with Gasteiger partial charge < -0.3 is 19.5 Å². The Hall–Kier alpha value is -3.32. The molecule has 0 aliphatic carbocycles. The molecule has 2 aromatic carbocycles. The number of carboxylic acid groups (broad SMARTS) is 1. The highest BCUT2D eigenvalue weighted by Crippen LogP contribution is 2.34. The molecule has 0 fully saturated rings. The van der Waals surface area contributed by atoms with E-state index in [-0.39, 0.29) is 65.8 Å². The molecule has 0 saturated heterocycles. The van der Waals surface area contributed by atoms with Gasteiger partial charge in [0.2, 0.25) is 10.0 Å². The number of ketones is 1. The number of nitrogens with zero attached hydrogens (tertiary/aromatic N) is 1. The van der Waals surface area contributed by atoms with Crippen LogP contribution in [0.5, 0.6) is 11.5 Å². The summed E-state index contributed by atoms with van der Waals surface area (Å²) in [6.07, 6.45) is -4.99. The summed E-state index contributed by atoms with van der Waals surface area (Å²) in [5.74, 6) is -0.553. The van der Waals surface area contributed by atoms with Crippen LogP contribution in [0.1, 0.15) is 40.7 Å². The second kappa shape index (κ2) is 11.2. The van der Waals surface area contributed by atoms with E-state index in [9.17, 15) is 36.3 Å². The third-order valence-corrected chi connectivity index (χ3v) is 6.50. The number of carbonyl (C=O) groups excluding carboxylic acids is 1. The van der Waals surface area contributed by atoms with Crippen molar-refractivity contribution in [2.75, 3.05) is 19.7 Å². The maximum Gasteiger partial charge on any atom is 0.573 e. The molecule has 13 heteroatoms. The van der Waals surface area contributed by atoms with Crippen LogP contribution in [0.25, 0.3) is 0 Å². The number of ether oxygens (including phenoxy) is 2. The lowest BCUT2D eigenvalue weighted by Crippen LogP contribution is -2.32. The summed E-state index contributed by atoms with van der Waals surface area (Å²) in [5, 5.41) is 14.7. The van der Waals surface area contributed by atoms with E-state index < -0.39 is 22.5 Å². The Balaban J connectivity index is 1.55. The largest absolute Gasteiger partial charge is 0.573 e. The Bertz CT molecular complexity index is 1230. The SMILES string of the molecule is NS(=O)(=O)c1cc(C(=O)CCCCN(CCc2ccccc2OC(F)(F)F)C(=O)O)cc2c1OCC2. The van der Waals surface area contributed by atoms with Crippen LogP contribution in [0.15, 0.2) is 41.3 Å². The first kappa shape index (κ1) is 27.3. The minimum atomic E-state index is -4.86. The fraction of sp³-hybridized carbons (Fsp3) is 0.391. The predicted octanol–water partition coefficient (Wildman–Crippen LogP) is 3.74. The number of carbonyl (C=O) groups is 2. The van der Waals surface area contributed by atoms with Crippen LogP contribution in [-0.2, 0) is 22.9 Å². The smallest absolute Gasteiger partial charge is 0.492 e. The Morgan fingerprint density at radius 3 is 2.53 bits per heavy atom. The first-order valence-electron chi connectivity index (χ1n) is 11.0. The third kappa shape index (κ3) is 7.34. The number of rotatable bonds is 11. The minimum Gasteiger partial charge on any atom is -0.492 e. The molecule has 3 N–H and O–H groups in total. The Morgan fingerprint density at radius 2 is 1.86 bits per heavy atom. The second-order valence-corrected chi connectivity index (χ2v) is 9.69. The molecule has 0 radical (unpaired) electrons. The molecule has 36 heavy (non-hydrogen) atoms. The highest BCUT2D eigenvalue weighted by atomic mass is 32.2. The molecular formula is C23H25F3N2O7S. The fourth-order valence-corrected chi connectivity index (χ4v) is 4.61. The minimum absolute atomic E-state index is 0.00498. The first-order chi connectivity index (χ1) is 16.8. The molecule has 0 aromatic heterocycles. The van der Waals surface area contributed by atoms with Gasteiger partial charge >= 0.3 is 12.5 Å².